The highest BCUT2D eigenvalue weighted by Crippen LogP contribution is 2.28. The van der Waals surface area contributed by atoms with Crippen molar-refractivity contribution in [2.75, 3.05) is 11.3 Å². The number of nitrogens with zero attached hydrogens (tertiary/aromatic N) is 3. The smallest absolute Gasteiger partial charge is 0.282 e. The summed E-state index contributed by atoms with van der Waals surface area (Å²) in [6, 6.07) is 6.86. The monoisotopic (exact) mass is 374 g/mol. The van der Waals surface area contributed by atoms with Crippen LogP contribution in [0.25, 0.3) is 0 Å². The van der Waals surface area contributed by atoms with E-state index >= 15 is 0 Å². The molecule has 0 saturated carbocycles. The van der Waals surface area contributed by atoms with E-state index in [1.807, 2.05) is 6.92 Å². The standard InChI is InChI=1S/C12H15BrN4O3S/c1-3-8-20-10-7-5-4-6-9(10)15-21(18,19)12-11(13)14-16-17(12)2/h4-7,15H,3,8H2,1-2H3. The molecule has 0 spiro atoms. The summed E-state index contributed by atoms with van der Waals surface area (Å²) in [5.74, 6) is 0.481. The number of nitrogens with one attached hydrogen (secondary N) is 1. The van der Waals surface area contributed by atoms with Gasteiger partial charge in [0.25, 0.3) is 10.0 Å². The molecule has 114 valence electrons. The predicted octanol–water partition coefficient (Wildman–Crippen LogP) is 2.17. The lowest BCUT2D eigenvalue weighted by molar-refractivity contribution is 0.319. The quantitative estimate of drug-likeness (QED) is 0.836. The molecule has 9 heteroatoms. The van der Waals surface area contributed by atoms with E-state index in [2.05, 4.69) is 31.0 Å². The molecule has 2 rings (SSSR count). The Labute approximate surface area is 131 Å². The Morgan fingerprint density at radius 1 is 1.38 bits per heavy atom. The van der Waals surface area contributed by atoms with Gasteiger partial charge in [-0.25, -0.2) is 4.68 Å². The minimum Gasteiger partial charge on any atom is -0.491 e. The van der Waals surface area contributed by atoms with E-state index < -0.39 is 10.0 Å². The van der Waals surface area contributed by atoms with Crippen molar-refractivity contribution in [1.29, 1.82) is 0 Å². The zero-order valence-electron chi connectivity index (χ0n) is 11.6. The molecule has 1 aromatic carbocycles. The molecule has 1 aromatic heterocycles. The first-order valence-corrected chi connectivity index (χ1v) is 8.53. The molecule has 0 unspecified atom stereocenters. The number of para-hydroxylation sites is 2. The number of benzene rings is 1. The van der Waals surface area contributed by atoms with Crippen LogP contribution in [0, 0.1) is 0 Å². The van der Waals surface area contributed by atoms with Crippen molar-refractivity contribution in [3.63, 3.8) is 0 Å². The molecule has 7 nitrogen and oxygen atoms in total. The van der Waals surface area contributed by atoms with Crippen molar-refractivity contribution in [2.45, 2.75) is 18.4 Å². The highest BCUT2D eigenvalue weighted by Gasteiger charge is 2.25. The van der Waals surface area contributed by atoms with Gasteiger partial charge in [0.2, 0.25) is 5.03 Å². The number of ether oxygens (including phenoxy) is 1. The van der Waals surface area contributed by atoms with Crippen LogP contribution in [0.3, 0.4) is 0 Å². The molecule has 0 aliphatic rings. The average molecular weight is 375 g/mol. The second kappa shape index (κ2) is 6.44. The minimum atomic E-state index is -3.82. The summed E-state index contributed by atoms with van der Waals surface area (Å²) < 4.78 is 34.2. The van der Waals surface area contributed by atoms with Crippen molar-refractivity contribution >= 4 is 31.6 Å². The number of hydrogen-bond acceptors (Lipinski definition) is 5. The van der Waals surface area contributed by atoms with E-state index in [1.165, 1.54) is 11.7 Å². The lowest BCUT2D eigenvalue weighted by Gasteiger charge is -2.13. The number of rotatable bonds is 6. The number of aryl methyl sites for hydroxylation is 1. The molecule has 0 aliphatic heterocycles. The zero-order chi connectivity index (χ0) is 15.5. The zero-order valence-corrected chi connectivity index (χ0v) is 14.0. The van der Waals surface area contributed by atoms with Gasteiger partial charge in [-0.1, -0.05) is 24.3 Å². The summed E-state index contributed by atoms with van der Waals surface area (Å²) in [5.41, 5.74) is 0.374. The molecule has 0 fully saturated rings. The molecule has 21 heavy (non-hydrogen) atoms. The van der Waals surface area contributed by atoms with Crippen LogP contribution in [0.5, 0.6) is 5.75 Å². The van der Waals surface area contributed by atoms with Crippen molar-refractivity contribution in [3.8, 4) is 5.75 Å². The van der Waals surface area contributed by atoms with Crippen LogP contribution in [0.2, 0.25) is 0 Å². The van der Waals surface area contributed by atoms with E-state index in [9.17, 15) is 8.42 Å². The second-order valence-corrected chi connectivity index (χ2v) is 6.61. The average Bonchev–Trinajstić information content (AvgIpc) is 2.77. The molecule has 0 radical (unpaired) electrons. The number of hydrogen-bond donors (Lipinski definition) is 1. The lowest BCUT2D eigenvalue weighted by atomic mass is 10.3. The summed E-state index contributed by atoms with van der Waals surface area (Å²) in [5, 5.41) is 7.29. The van der Waals surface area contributed by atoms with Crippen molar-refractivity contribution in [1.82, 2.24) is 15.0 Å². The second-order valence-electron chi connectivity index (χ2n) is 4.26. The highest BCUT2D eigenvalue weighted by atomic mass is 79.9. The van der Waals surface area contributed by atoms with E-state index in [0.717, 1.165) is 6.42 Å². The summed E-state index contributed by atoms with van der Waals surface area (Å²) in [6.07, 6.45) is 0.832. The maximum atomic E-state index is 12.4. The van der Waals surface area contributed by atoms with Gasteiger partial charge in [-0.15, -0.1) is 5.10 Å². The molecule has 0 amide bonds. The maximum Gasteiger partial charge on any atom is 0.282 e. The third-order valence-electron chi connectivity index (χ3n) is 2.58. The summed E-state index contributed by atoms with van der Waals surface area (Å²) in [4.78, 5) is 0. The summed E-state index contributed by atoms with van der Waals surface area (Å²) in [6.45, 7) is 2.49. The molecular formula is C12H15BrN4O3S. The molecule has 1 heterocycles. The molecule has 1 N–H and O–H groups in total. The molecule has 0 saturated heterocycles. The Kier molecular flexibility index (Phi) is 4.84. The van der Waals surface area contributed by atoms with Gasteiger partial charge in [0.05, 0.1) is 12.3 Å². The van der Waals surface area contributed by atoms with E-state index in [4.69, 9.17) is 4.74 Å². The molecule has 2 aromatic rings. The first kappa shape index (κ1) is 15.8. The Bertz CT molecular complexity index is 710. The minimum absolute atomic E-state index is 0.0483. The summed E-state index contributed by atoms with van der Waals surface area (Å²) >= 11 is 3.08. The molecule has 0 aliphatic carbocycles. The fraction of sp³-hybridized carbons (Fsp3) is 0.333. The maximum absolute atomic E-state index is 12.4. The van der Waals surface area contributed by atoms with Gasteiger partial charge in [0.1, 0.15) is 5.75 Å². The topological polar surface area (TPSA) is 86.1 Å². The Morgan fingerprint density at radius 3 is 2.71 bits per heavy atom. The number of sulfonamides is 1. The van der Waals surface area contributed by atoms with Gasteiger partial charge in [-0.3, -0.25) is 4.72 Å². The first-order chi connectivity index (χ1) is 9.95. The van der Waals surface area contributed by atoms with Gasteiger partial charge in [0, 0.05) is 7.05 Å². The number of aromatic nitrogens is 3. The van der Waals surface area contributed by atoms with Gasteiger partial charge in [-0.05, 0) is 34.5 Å². The Hall–Kier alpha value is -1.61. The SMILES string of the molecule is CCCOc1ccccc1NS(=O)(=O)c1c(Br)nnn1C. The third kappa shape index (κ3) is 3.53. The van der Waals surface area contributed by atoms with Crippen LogP contribution in [0.15, 0.2) is 33.9 Å². The molecular weight excluding hydrogens is 360 g/mol. The highest BCUT2D eigenvalue weighted by molar-refractivity contribution is 9.10. The Morgan fingerprint density at radius 2 is 2.10 bits per heavy atom. The van der Waals surface area contributed by atoms with Gasteiger partial charge < -0.3 is 4.74 Å². The van der Waals surface area contributed by atoms with Crippen LogP contribution in [-0.4, -0.2) is 30.0 Å². The predicted molar refractivity (Wildman–Crippen MR) is 81.7 cm³/mol. The molecule has 0 atom stereocenters. The lowest BCUT2D eigenvalue weighted by Crippen LogP contribution is -2.17. The first-order valence-electron chi connectivity index (χ1n) is 6.25. The molecule has 0 bridgehead atoms. The van der Waals surface area contributed by atoms with Crippen LogP contribution in [-0.2, 0) is 17.1 Å². The van der Waals surface area contributed by atoms with Crippen LogP contribution in [0.4, 0.5) is 5.69 Å². The van der Waals surface area contributed by atoms with E-state index in [-0.39, 0.29) is 9.63 Å². The van der Waals surface area contributed by atoms with Crippen molar-refractivity contribution < 1.29 is 13.2 Å². The van der Waals surface area contributed by atoms with Crippen molar-refractivity contribution in [3.05, 3.63) is 28.9 Å². The van der Waals surface area contributed by atoms with Gasteiger partial charge in [-0.2, -0.15) is 8.42 Å². The van der Waals surface area contributed by atoms with Crippen LogP contribution < -0.4 is 9.46 Å². The van der Waals surface area contributed by atoms with E-state index in [1.54, 1.807) is 24.3 Å². The fourth-order valence-electron chi connectivity index (χ4n) is 1.69. The third-order valence-corrected chi connectivity index (χ3v) is 4.84. The van der Waals surface area contributed by atoms with Gasteiger partial charge >= 0.3 is 0 Å². The number of halogens is 1. The largest absolute Gasteiger partial charge is 0.491 e. The Balaban J connectivity index is 2.33. The van der Waals surface area contributed by atoms with Crippen LogP contribution >= 0.6 is 15.9 Å². The van der Waals surface area contributed by atoms with Crippen LogP contribution in [0.1, 0.15) is 13.3 Å². The van der Waals surface area contributed by atoms with Gasteiger partial charge in [0.15, 0.2) is 4.60 Å². The number of anilines is 1. The van der Waals surface area contributed by atoms with E-state index in [0.29, 0.717) is 18.0 Å². The summed E-state index contributed by atoms with van der Waals surface area (Å²) in [7, 11) is -2.31. The normalized spacial score (nSPS) is 11.4. The fourth-order valence-corrected chi connectivity index (χ4v) is 3.86. The van der Waals surface area contributed by atoms with Crippen molar-refractivity contribution in [2.24, 2.45) is 7.05 Å².